The average molecular weight is 667 g/mol. The number of hydrogen-bond donors (Lipinski definition) is 0. The van der Waals surface area contributed by atoms with Gasteiger partial charge in [0.1, 0.15) is 0 Å². The molecule has 9 aromatic rings. The molecule has 4 heterocycles. The molecule has 0 radical (unpaired) electrons. The van der Waals surface area contributed by atoms with Crippen LogP contribution in [0.3, 0.4) is 0 Å². The molecule has 52 heavy (non-hydrogen) atoms. The molecular formula is C48H34N4. The Morgan fingerprint density at radius 3 is 2.19 bits per heavy atom. The number of aromatic nitrogens is 4. The quantitative estimate of drug-likeness (QED) is 0.175. The maximum Gasteiger partial charge on any atom is 0.0970 e. The van der Waals surface area contributed by atoms with Crippen molar-refractivity contribution in [1.82, 2.24) is 19.9 Å². The molecule has 0 aliphatic heterocycles. The maximum atomic E-state index is 5.09. The Labute approximate surface area is 302 Å². The van der Waals surface area contributed by atoms with Crippen molar-refractivity contribution in [2.24, 2.45) is 0 Å². The molecule has 1 aliphatic rings. The van der Waals surface area contributed by atoms with Gasteiger partial charge in [-0.25, -0.2) is 4.98 Å². The van der Waals surface area contributed by atoms with Gasteiger partial charge < -0.3 is 0 Å². The molecule has 2 atom stereocenters. The number of nitrogens with zero attached hydrogens (tertiary/aromatic N) is 4. The molecule has 5 aromatic carbocycles. The van der Waals surface area contributed by atoms with Gasteiger partial charge >= 0.3 is 0 Å². The second-order valence-electron chi connectivity index (χ2n) is 14.0. The molecule has 10 rings (SSSR count). The topological polar surface area (TPSA) is 51.6 Å². The summed E-state index contributed by atoms with van der Waals surface area (Å²) in [6, 6.07) is 49.7. The van der Waals surface area contributed by atoms with Crippen molar-refractivity contribution in [3.63, 3.8) is 0 Å². The van der Waals surface area contributed by atoms with Crippen LogP contribution >= 0.6 is 0 Å². The Bertz CT molecular complexity index is 2850. The monoisotopic (exact) mass is 666 g/mol. The fraction of sp³-hybridized carbons (Fsp3) is 0.0833. The second-order valence-corrected chi connectivity index (χ2v) is 14.0. The minimum absolute atomic E-state index is 0.279. The lowest BCUT2D eigenvalue weighted by atomic mass is 9.87. The van der Waals surface area contributed by atoms with E-state index in [0.717, 1.165) is 72.7 Å². The van der Waals surface area contributed by atoms with E-state index in [0.29, 0.717) is 5.92 Å². The molecule has 0 N–H and O–H groups in total. The lowest BCUT2D eigenvalue weighted by Crippen LogP contribution is -2.03. The van der Waals surface area contributed by atoms with Gasteiger partial charge in [-0.3, -0.25) is 15.0 Å². The van der Waals surface area contributed by atoms with Gasteiger partial charge in [-0.05, 0) is 94.3 Å². The number of para-hydroxylation sites is 1. The molecule has 4 nitrogen and oxygen atoms in total. The van der Waals surface area contributed by atoms with Crippen molar-refractivity contribution < 1.29 is 0 Å². The van der Waals surface area contributed by atoms with Crippen molar-refractivity contribution in [2.45, 2.75) is 25.2 Å². The largest absolute Gasteiger partial charge is 0.254 e. The zero-order valence-electron chi connectivity index (χ0n) is 28.7. The van der Waals surface area contributed by atoms with Gasteiger partial charge in [-0.1, -0.05) is 110 Å². The molecule has 0 saturated carbocycles. The lowest BCUT2D eigenvalue weighted by molar-refractivity contribution is 0.625. The molecule has 246 valence electrons. The number of benzene rings is 5. The van der Waals surface area contributed by atoms with Gasteiger partial charge in [-0.15, -0.1) is 0 Å². The van der Waals surface area contributed by atoms with E-state index in [1.807, 2.05) is 24.5 Å². The number of allylic oxidation sites excluding steroid dienone is 1. The van der Waals surface area contributed by atoms with Crippen molar-refractivity contribution in [3.8, 4) is 33.5 Å². The van der Waals surface area contributed by atoms with Gasteiger partial charge in [0.15, 0.2) is 0 Å². The first-order chi connectivity index (χ1) is 25.6. The van der Waals surface area contributed by atoms with Gasteiger partial charge in [-0.2, -0.15) is 0 Å². The van der Waals surface area contributed by atoms with Crippen LogP contribution in [0.2, 0.25) is 0 Å². The molecule has 0 amide bonds. The zero-order chi connectivity index (χ0) is 34.6. The average Bonchev–Trinajstić information content (AvgIpc) is 3.38. The van der Waals surface area contributed by atoms with E-state index < -0.39 is 0 Å². The van der Waals surface area contributed by atoms with E-state index in [-0.39, 0.29) is 5.92 Å². The van der Waals surface area contributed by atoms with E-state index in [9.17, 15) is 0 Å². The Kier molecular flexibility index (Phi) is 7.21. The van der Waals surface area contributed by atoms with Gasteiger partial charge in [0.2, 0.25) is 0 Å². The minimum atomic E-state index is 0.279. The van der Waals surface area contributed by atoms with Crippen LogP contribution < -0.4 is 0 Å². The van der Waals surface area contributed by atoms with E-state index in [1.54, 1.807) is 0 Å². The number of pyridine rings is 4. The highest BCUT2D eigenvalue weighted by molar-refractivity contribution is 6.10. The summed E-state index contributed by atoms with van der Waals surface area (Å²) in [6.45, 7) is 2.35. The maximum absolute atomic E-state index is 5.09. The van der Waals surface area contributed by atoms with Crippen LogP contribution in [0.1, 0.15) is 42.0 Å². The van der Waals surface area contributed by atoms with Crippen LogP contribution in [0, 0.1) is 0 Å². The van der Waals surface area contributed by atoms with Crippen molar-refractivity contribution >= 4 is 49.7 Å². The third kappa shape index (κ3) is 5.32. The summed E-state index contributed by atoms with van der Waals surface area (Å²) < 4.78 is 0. The Morgan fingerprint density at radius 1 is 0.538 bits per heavy atom. The third-order valence-electron chi connectivity index (χ3n) is 10.7. The van der Waals surface area contributed by atoms with E-state index in [1.165, 1.54) is 27.6 Å². The lowest BCUT2D eigenvalue weighted by Gasteiger charge is -2.18. The summed E-state index contributed by atoms with van der Waals surface area (Å²) in [4.78, 5) is 19.4. The third-order valence-corrected chi connectivity index (χ3v) is 10.7. The zero-order valence-corrected chi connectivity index (χ0v) is 28.7. The first kappa shape index (κ1) is 30.3. The highest BCUT2D eigenvalue weighted by Gasteiger charge is 2.21. The van der Waals surface area contributed by atoms with Crippen LogP contribution in [0.4, 0.5) is 0 Å². The van der Waals surface area contributed by atoms with Crippen LogP contribution in [0.15, 0.2) is 158 Å². The molecule has 0 spiro atoms. The summed E-state index contributed by atoms with van der Waals surface area (Å²) in [7, 11) is 0. The smallest absolute Gasteiger partial charge is 0.0970 e. The molecule has 4 heteroatoms. The summed E-state index contributed by atoms with van der Waals surface area (Å²) in [5.74, 6) is 0.675. The van der Waals surface area contributed by atoms with E-state index >= 15 is 0 Å². The highest BCUT2D eigenvalue weighted by atomic mass is 14.7. The van der Waals surface area contributed by atoms with Gasteiger partial charge in [0.25, 0.3) is 0 Å². The molecule has 0 saturated heterocycles. The Hall–Kier alpha value is -6.52. The molecule has 1 aliphatic carbocycles. The first-order valence-corrected chi connectivity index (χ1v) is 18.0. The normalized spacial score (nSPS) is 15.6. The number of hydrogen-bond acceptors (Lipinski definition) is 4. The fourth-order valence-electron chi connectivity index (χ4n) is 7.95. The van der Waals surface area contributed by atoms with Crippen LogP contribution in [-0.2, 0) is 0 Å². The van der Waals surface area contributed by atoms with Crippen LogP contribution in [0.5, 0.6) is 0 Å². The fourth-order valence-corrected chi connectivity index (χ4v) is 7.95. The van der Waals surface area contributed by atoms with Gasteiger partial charge in [0, 0.05) is 51.1 Å². The Morgan fingerprint density at radius 2 is 1.27 bits per heavy atom. The second kappa shape index (κ2) is 12.4. The van der Waals surface area contributed by atoms with Crippen LogP contribution in [0.25, 0.3) is 83.2 Å². The highest BCUT2D eigenvalue weighted by Crippen LogP contribution is 2.39. The number of rotatable bonds is 4. The Balaban J connectivity index is 0.914. The standard InChI is InChI=1S/C48H34N4/c1-30-26-37(45-21-18-33-6-2-3-9-43(33)51-45)17-13-31-12-16-36(28-41(30)31)35-19-22-46-38(27-35)20-23-44(52-46)34-14-10-32(11-15-34)42-29-39-7-4-24-49-47(39)48-40(42)8-5-25-50-48/h2-25,27-30,37H,26H2,1H3/t30-,37?/m1/s1. The minimum Gasteiger partial charge on any atom is -0.254 e. The molecule has 4 aromatic heterocycles. The molecule has 0 bridgehead atoms. The summed E-state index contributed by atoms with van der Waals surface area (Å²) in [5, 5.41) is 4.50. The van der Waals surface area contributed by atoms with Crippen molar-refractivity contribution in [3.05, 3.63) is 175 Å². The SMILES string of the molecule is C[C@@H]1CC(c2ccc3ccccc3n2)C=Cc2ccc(-c3ccc4nc(-c5ccc(-c6cc7cccnc7c7ncccc67)cc5)ccc4c3)cc21. The van der Waals surface area contributed by atoms with E-state index in [4.69, 9.17) is 9.97 Å². The van der Waals surface area contributed by atoms with Crippen molar-refractivity contribution in [1.29, 1.82) is 0 Å². The summed E-state index contributed by atoms with van der Waals surface area (Å²) >= 11 is 0. The number of fused-ring (bicyclic) bond motifs is 6. The predicted molar refractivity (Wildman–Crippen MR) is 215 cm³/mol. The van der Waals surface area contributed by atoms with E-state index in [2.05, 4.69) is 156 Å². The molecule has 1 unspecified atom stereocenters. The van der Waals surface area contributed by atoms with Gasteiger partial charge in [0.05, 0.1) is 27.8 Å². The summed E-state index contributed by atoms with van der Waals surface area (Å²) in [5.41, 5.74) is 14.5. The molecular weight excluding hydrogens is 633 g/mol. The first-order valence-electron chi connectivity index (χ1n) is 18.0. The molecule has 0 fully saturated rings. The predicted octanol–water partition coefficient (Wildman–Crippen LogP) is 12.2. The van der Waals surface area contributed by atoms with Crippen LogP contribution in [-0.4, -0.2) is 19.9 Å². The summed E-state index contributed by atoms with van der Waals surface area (Å²) in [6.07, 6.45) is 9.32. The van der Waals surface area contributed by atoms with Crippen molar-refractivity contribution in [2.75, 3.05) is 0 Å².